The minimum Gasteiger partial charge on any atom is -0.300 e. The maximum atomic E-state index is 11.2. The van der Waals surface area contributed by atoms with Crippen molar-refractivity contribution < 1.29 is 4.79 Å². The maximum Gasteiger partial charge on any atom is 0.180 e. The highest BCUT2D eigenvalue weighted by Gasteiger charge is 2.10. The summed E-state index contributed by atoms with van der Waals surface area (Å²) in [7, 11) is 0. The Kier molecular flexibility index (Phi) is 1.62. The Hall–Kier alpha value is -1.71. The molecule has 0 bridgehead atoms. The number of ketones is 1. The Morgan fingerprint density at radius 2 is 2.31 bits per heavy atom. The topological polar surface area (TPSA) is 47.3 Å². The summed E-state index contributed by atoms with van der Waals surface area (Å²) in [5, 5.41) is 0. The van der Waals surface area contributed by atoms with Crippen molar-refractivity contribution in [1.29, 1.82) is 0 Å². The molecule has 2 aromatic rings. The summed E-state index contributed by atoms with van der Waals surface area (Å²) in [5.74, 6) is 0.779. The summed E-state index contributed by atoms with van der Waals surface area (Å²) in [6.45, 7) is 3.37. The predicted octanol–water partition coefficient (Wildman–Crippen LogP) is 1.24. The molecule has 0 aliphatic heterocycles. The van der Waals surface area contributed by atoms with Gasteiger partial charge in [0, 0.05) is 19.3 Å². The first-order valence-electron chi connectivity index (χ1n) is 4.00. The van der Waals surface area contributed by atoms with Crippen LogP contribution < -0.4 is 0 Å². The molecule has 0 N–H and O–H groups in total. The van der Waals surface area contributed by atoms with Gasteiger partial charge in [0.15, 0.2) is 5.78 Å². The summed E-state index contributed by atoms with van der Waals surface area (Å²) in [4.78, 5) is 19.3. The van der Waals surface area contributed by atoms with E-state index in [2.05, 4.69) is 9.97 Å². The molecular formula is C9H9N3O. The van der Waals surface area contributed by atoms with E-state index >= 15 is 0 Å². The van der Waals surface area contributed by atoms with Crippen molar-refractivity contribution in [3.63, 3.8) is 0 Å². The van der Waals surface area contributed by atoms with Crippen molar-refractivity contribution in [3.05, 3.63) is 30.1 Å². The van der Waals surface area contributed by atoms with E-state index in [1.54, 1.807) is 18.6 Å². The molecule has 66 valence electrons. The molecule has 2 heterocycles. The van der Waals surface area contributed by atoms with E-state index in [0.29, 0.717) is 5.69 Å². The van der Waals surface area contributed by atoms with Crippen LogP contribution in [0.3, 0.4) is 0 Å². The maximum absolute atomic E-state index is 11.2. The zero-order valence-electron chi connectivity index (χ0n) is 7.48. The van der Waals surface area contributed by atoms with Crippen molar-refractivity contribution >= 4 is 11.3 Å². The number of aromatic nitrogens is 3. The lowest BCUT2D eigenvalue weighted by Gasteiger charge is -1.93. The number of fused-ring (bicyclic) bond motifs is 1. The molecule has 13 heavy (non-hydrogen) atoms. The van der Waals surface area contributed by atoms with Crippen molar-refractivity contribution in [2.24, 2.45) is 0 Å². The van der Waals surface area contributed by atoms with Gasteiger partial charge in [0.2, 0.25) is 0 Å². The Labute approximate surface area is 75.2 Å². The molecule has 0 aliphatic rings. The Bertz CT molecular complexity index is 473. The highest BCUT2D eigenvalue weighted by atomic mass is 16.1. The minimum atomic E-state index is -0.0291. The standard InChI is InChI=1S/C9H9N3O/c1-6(13)9-8-5-10-3-4-12(8)7(2)11-9/h3-5H,1-2H3. The van der Waals surface area contributed by atoms with E-state index in [1.807, 2.05) is 11.3 Å². The van der Waals surface area contributed by atoms with Gasteiger partial charge in [-0.05, 0) is 6.92 Å². The van der Waals surface area contributed by atoms with E-state index in [9.17, 15) is 4.79 Å². The van der Waals surface area contributed by atoms with E-state index in [1.165, 1.54) is 6.92 Å². The number of hydrogen-bond acceptors (Lipinski definition) is 3. The fourth-order valence-electron chi connectivity index (χ4n) is 1.35. The largest absolute Gasteiger partial charge is 0.300 e. The van der Waals surface area contributed by atoms with Gasteiger partial charge in [-0.2, -0.15) is 0 Å². The van der Waals surface area contributed by atoms with Crippen LogP contribution in [0.1, 0.15) is 23.2 Å². The molecule has 2 aromatic heterocycles. The average molecular weight is 175 g/mol. The first-order valence-corrected chi connectivity index (χ1v) is 4.00. The number of carbonyl (C=O) groups is 1. The summed E-state index contributed by atoms with van der Waals surface area (Å²) in [5.41, 5.74) is 1.26. The molecule has 0 saturated carbocycles. The van der Waals surface area contributed by atoms with Crippen LogP contribution in [0.5, 0.6) is 0 Å². The predicted molar refractivity (Wildman–Crippen MR) is 47.7 cm³/mol. The molecular weight excluding hydrogens is 166 g/mol. The Morgan fingerprint density at radius 1 is 1.54 bits per heavy atom. The lowest BCUT2D eigenvalue weighted by molar-refractivity contribution is 0.101. The number of hydrogen-bond donors (Lipinski definition) is 0. The molecule has 2 rings (SSSR count). The van der Waals surface area contributed by atoms with E-state index in [-0.39, 0.29) is 5.78 Å². The molecule has 0 atom stereocenters. The van der Waals surface area contributed by atoms with Crippen molar-refractivity contribution in [1.82, 2.24) is 14.4 Å². The van der Waals surface area contributed by atoms with Crippen molar-refractivity contribution in [3.8, 4) is 0 Å². The average Bonchev–Trinajstić information content (AvgIpc) is 2.45. The second-order valence-corrected chi connectivity index (χ2v) is 2.90. The van der Waals surface area contributed by atoms with Crippen LogP contribution >= 0.6 is 0 Å². The fraction of sp³-hybridized carbons (Fsp3) is 0.222. The van der Waals surface area contributed by atoms with Crippen LogP contribution in [0.25, 0.3) is 5.52 Å². The number of aryl methyl sites for hydroxylation is 1. The fourth-order valence-corrected chi connectivity index (χ4v) is 1.35. The monoisotopic (exact) mass is 175 g/mol. The van der Waals surface area contributed by atoms with Gasteiger partial charge in [-0.15, -0.1) is 0 Å². The normalized spacial score (nSPS) is 10.6. The lowest BCUT2D eigenvalue weighted by atomic mass is 10.3. The van der Waals surface area contributed by atoms with Gasteiger partial charge >= 0.3 is 0 Å². The number of nitrogens with zero attached hydrogens (tertiary/aromatic N) is 3. The molecule has 0 amide bonds. The third-order valence-corrected chi connectivity index (χ3v) is 1.96. The van der Waals surface area contributed by atoms with Gasteiger partial charge in [-0.25, -0.2) is 4.98 Å². The van der Waals surface area contributed by atoms with Crippen LogP contribution in [0.15, 0.2) is 18.6 Å². The van der Waals surface area contributed by atoms with Gasteiger partial charge in [-0.1, -0.05) is 0 Å². The molecule has 0 aliphatic carbocycles. The van der Waals surface area contributed by atoms with Crippen molar-refractivity contribution in [2.45, 2.75) is 13.8 Å². The molecule has 0 unspecified atom stereocenters. The van der Waals surface area contributed by atoms with E-state index < -0.39 is 0 Å². The summed E-state index contributed by atoms with van der Waals surface area (Å²) >= 11 is 0. The quantitative estimate of drug-likeness (QED) is 0.612. The lowest BCUT2D eigenvalue weighted by Crippen LogP contribution is -1.93. The summed E-state index contributed by atoms with van der Waals surface area (Å²) in [6.07, 6.45) is 5.12. The second kappa shape index (κ2) is 2.65. The third kappa shape index (κ3) is 1.11. The molecule has 0 fully saturated rings. The molecule has 0 radical (unpaired) electrons. The smallest absolute Gasteiger partial charge is 0.180 e. The highest BCUT2D eigenvalue weighted by molar-refractivity contribution is 5.98. The van der Waals surface area contributed by atoms with Crippen LogP contribution in [0.4, 0.5) is 0 Å². The van der Waals surface area contributed by atoms with Gasteiger partial charge in [-0.3, -0.25) is 9.78 Å². The SMILES string of the molecule is CC(=O)c1nc(C)n2ccncc12. The third-order valence-electron chi connectivity index (χ3n) is 1.96. The van der Waals surface area contributed by atoms with Crippen LogP contribution in [0.2, 0.25) is 0 Å². The summed E-state index contributed by atoms with van der Waals surface area (Å²) < 4.78 is 1.85. The minimum absolute atomic E-state index is 0.0291. The number of Topliss-reactive ketones (excluding diaryl/α,β-unsaturated/α-hetero) is 1. The first kappa shape index (κ1) is 7.91. The Morgan fingerprint density at radius 3 is 3.00 bits per heavy atom. The second-order valence-electron chi connectivity index (χ2n) is 2.90. The zero-order chi connectivity index (χ0) is 9.42. The van der Waals surface area contributed by atoms with Gasteiger partial charge in [0.05, 0.1) is 11.7 Å². The number of carbonyl (C=O) groups excluding carboxylic acids is 1. The molecule has 0 spiro atoms. The van der Waals surface area contributed by atoms with E-state index in [0.717, 1.165) is 11.3 Å². The number of rotatable bonds is 1. The molecule has 4 nitrogen and oxygen atoms in total. The van der Waals surface area contributed by atoms with Gasteiger partial charge in [0.1, 0.15) is 11.5 Å². The Balaban J connectivity index is 2.85. The molecule has 0 aromatic carbocycles. The van der Waals surface area contributed by atoms with Crippen molar-refractivity contribution in [2.75, 3.05) is 0 Å². The molecule has 0 saturated heterocycles. The van der Waals surface area contributed by atoms with Crippen LogP contribution in [-0.2, 0) is 0 Å². The van der Waals surface area contributed by atoms with Gasteiger partial charge < -0.3 is 4.40 Å². The zero-order valence-corrected chi connectivity index (χ0v) is 7.48. The van der Waals surface area contributed by atoms with Crippen LogP contribution in [-0.4, -0.2) is 20.2 Å². The van der Waals surface area contributed by atoms with Crippen LogP contribution in [0, 0.1) is 6.92 Å². The van der Waals surface area contributed by atoms with E-state index in [4.69, 9.17) is 0 Å². The van der Waals surface area contributed by atoms with Gasteiger partial charge in [0.25, 0.3) is 0 Å². The number of imidazole rings is 1. The first-order chi connectivity index (χ1) is 6.20. The summed E-state index contributed by atoms with van der Waals surface area (Å²) in [6, 6.07) is 0. The highest BCUT2D eigenvalue weighted by Crippen LogP contribution is 2.11. The molecule has 4 heteroatoms.